The van der Waals surface area contributed by atoms with E-state index in [9.17, 15) is 0 Å². The van der Waals surface area contributed by atoms with Crippen molar-refractivity contribution in [1.82, 2.24) is 15.0 Å². The van der Waals surface area contributed by atoms with Crippen molar-refractivity contribution in [2.24, 2.45) is 0 Å². The van der Waals surface area contributed by atoms with E-state index < -0.39 is 0 Å². The second-order valence-electron chi connectivity index (χ2n) is 3.94. The number of hydrogen-bond donors (Lipinski definition) is 0. The van der Waals surface area contributed by atoms with Gasteiger partial charge in [-0.3, -0.25) is 0 Å². The zero-order chi connectivity index (χ0) is 13.2. The highest BCUT2D eigenvalue weighted by Gasteiger charge is 2.08. The number of aromatic nitrogens is 3. The molecule has 94 valence electrons. The lowest BCUT2D eigenvalue weighted by molar-refractivity contribution is 0.410. The molecule has 0 amide bonds. The molecule has 3 rings (SSSR count). The average Bonchev–Trinajstić information content (AvgIpc) is 2.46. The highest BCUT2D eigenvalue weighted by molar-refractivity contribution is 9.10. The van der Waals surface area contributed by atoms with Crippen molar-refractivity contribution < 1.29 is 4.74 Å². The predicted octanol–water partition coefficient (Wildman–Crippen LogP) is 3.46. The first-order valence-electron chi connectivity index (χ1n) is 5.70. The van der Waals surface area contributed by atoms with Crippen LogP contribution in [0.25, 0.3) is 22.4 Å². The minimum Gasteiger partial charge on any atom is -0.494 e. The number of hydrogen-bond acceptors (Lipinski definition) is 4. The molecule has 4 nitrogen and oxygen atoms in total. The van der Waals surface area contributed by atoms with Crippen LogP contribution >= 0.6 is 15.9 Å². The van der Waals surface area contributed by atoms with Crippen LogP contribution < -0.4 is 4.74 Å². The van der Waals surface area contributed by atoms with Gasteiger partial charge in [0.25, 0.3) is 0 Å². The molecule has 3 aromatic rings. The number of benzene rings is 1. The van der Waals surface area contributed by atoms with E-state index in [0.29, 0.717) is 21.9 Å². The molecule has 0 atom stereocenters. The van der Waals surface area contributed by atoms with Gasteiger partial charge in [0.2, 0.25) is 0 Å². The van der Waals surface area contributed by atoms with Gasteiger partial charge in [-0.25, -0.2) is 15.0 Å². The molecule has 0 radical (unpaired) electrons. The van der Waals surface area contributed by atoms with Gasteiger partial charge in [-0.2, -0.15) is 0 Å². The van der Waals surface area contributed by atoms with Crippen LogP contribution in [-0.4, -0.2) is 22.1 Å². The van der Waals surface area contributed by atoms with Crippen molar-refractivity contribution in [3.05, 3.63) is 47.2 Å². The first kappa shape index (κ1) is 12.0. The molecule has 0 aliphatic rings. The van der Waals surface area contributed by atoms with E-state index in [4.69, 9.17) is 4.74 Å². The molecule has 1 aromatic carbocycles. The van der Waals surface area contributed by atoms with Gasteiger partial charge < -0.3 is 4.74 Å². The van der Waals surface area contributed by atoms with E-state index in [-0.39, 0.29) is 0 Å². The number of ether oxygens (including phenoxy) is 1. The quantitative estimate of drug-likeness (QED) is 0.679. The van der Waals surface area contributed by atoms with Crippen LogP contribution in [0.3, 0.4) is 0 Å². The highest BCUT2D eigenvalue weighted by atomic mass is 79.9. The maximum absolute atomic E-state index is 5.16. The number of halogens is 1. The lowest BCUT2D eigenvalue weighted by Crippen LogP contribution is -1.94. The van der Waals surface area contributed by atoms with E-state index in [2.05, 4.69) is 30.9 Å². The topological polar surface area (TPSA) is 47.9 Å². The summed E-state index contributed by atoms with van der Waals surface area (Å²) in [6.45, 7) is 0. The van der Waals surface area contributed by atoms with Gasteiger partial charge >= 0.3 is 0 Å². The Morgan fingerprint density at radius 2 is 1.89 bits per heavy atom. The van der Waals surface area contributed by atoms with Crippen molar-refractivity contribution in [2.75, 3.05) is 7.11 Å². The summed E-state index contributed by atoms with van der Waals surface area (Å²) in [5, 5.41) is 1.01. The smallest absolute Gasteiger partial charge is 0.178 e. The summed E-state index contributed by atoms with van der Waals surface area (Å²) in [5.74, 6) is 1.28. The lowest BCUT2D eigenvalue weighted by Gasteiger charge is -2.05. The van der Waals surface area contributed by atoms with E-state index in [1.807, 2.05) is 36.4 Å². The second kappa shape index (κ2) is 4.93. The summed E-state index contributed by atoms with van der Waals surface area (Å²) >= 11 is 3.36. The average molecular weight is 316 g/mol. The molecular weight excluding hydrogens is 306 g/mol. The SMILES string of the molecule is COc1ccc(-c2ncc3ccccc3n2)nc1Br. The standard InChI is InChI=1S/C14H10BrN3O/c1-19-12-7-6-11(17-13(12)15)14-16-8-9-4-2-3-5-10(9)18-14/h2-8H,1H3. The van der Waals surface area contributed by atoms with Gasteiger partial charge in [-0.05, 0) is 34.1 Å². The Labute approximate surface area is 118 Å². The Kier molecular flexibility index (Phi) is 3.13. The molecule has 0 aliphatic carbocycles. The number of pyridine rings is 1. The molecule has 0 fully saturated rings. The zero-order valence-electron chi connectivity index (χ0n) is 10.2. The highest BCUT2D eigenvalue weighted by Crippen LogP contribution is 2.25. The molecule has 2 heterocycles. The van der Waals surface area contributed by atoms with E-state index in [1.54, 1.807) is 13.3 Å². The van der Waals surface area contributed by atoms with E-state index in [0.717, 1.165) is 10.9 Å². The van der Waals surface area contributed by atoms with Crippen molar-refractivity contribution >= 4 is 26.8 Å². The third kappa shape index (κ3) is 2.29. The van der Waals surface area contributed by atoms with Crippen LogP contribution in [0.4, 0.5) is 0 Å². The molecule has 0 N–H and O–H groups in total. The number of fused-ring (bicyclic) bond motifs is 1. The Morgan fingerprint density at radius 1 is 1.05 bits per heavy atom. The summed E-state index contributed by atoms with van der Waals surface area (Å²) in [5.41, 5.74) is 1.61. The van der Waals surface area contributed by atoms with Gasteiger partial charge in [-0.15, -0.1) is 0 Å². The fraction of sp³-hybridized carbons (Fsp3) is 0.0714. The Bertz CT molecular complexity index is 746. The minimum absolute atomic E-state index is 0.599. The van der Waals surface area contributed by atoms with Gasteiger partial charge in [0.05, 0.1) is 12.6 Å². The summed E-state index contributed by atoms with van der Waals surface area (Å²) in [6.07, 6.45) is 1.80. The molecule has 0 saturated heterocycles. The first-order chi connectivity index (χ1) is 9.28. The second-order valence-corrected chi connectivity index (χ2v) is 4.69. The number of methoxy groups -OCH3 is 1. The molecule has 2 aromatic heterocycles. The van der Waals surface area contributed by atoms with Gasteiger partial charge in [0, 0.05) is 11.6 Å². The van der Waals surface area contributed by atoms with Gasteiger partial charge in [0.1, 0.15) is 10.3 Å². The molecule has 5 heteroatoms. The molecular formula is C14H10BrN3O. The van der Waals surface area contributed by atoms with Crippen molar-refractivity contribution in [3.63, 3.8) is 0 Å². The minimum atomic E-state index is 0.599. The third-order valence-corrected chi connectivity index (χ3v) is 3.32. The van der Waals surface area contributed by atoms with Crippen LogP contribution in [0.15, 0.2) is 47.2 Å². The summed E-state index contributed by atoms with van der Waals surface area (Å²) < 4.78 is 5.80. The Morgan fingerprint density at radius 3 is 2.68 bits per heavy atom. The van der Waals surface area contributed by atoms with Crippen molar-refractivity contribution in [1.29, 1.82) is 0 Å². The van der Waals surface area contributed by atoms with Crippen LogP contribution in [0.2, 0.25) is 0 Å². The largest absolute Gasteiger partial charge is 0.494 e. The fourth-order valence-corrected chi connectivity index (χ4v) is 2.28. The zero-order valence-corrected chi connectivity index (χ0v) is 11.8. The lowest BCUT2D eigenvalue weighted by atomic mass is 10.2. The molecule has 0 saturated carbocycles. The van der Waals surface area contributed by atoms with Gasteiger partial charge in [0.15, 0.2) is 11.6 Å². The Balaban J connectivity index is 2.11. The predicted molar refractivity (Wildman–Crippen MR) is 77.0 cm³/mol. The third-order valence-electron chi connectivity index (χ3n) is 2.75. The van der Waals surface area contributed by atoms with E-state index in [1.165, 1.54) is 0 Å². The van der Waals surface area contributed by atoms with Crippen molar-refractivity contribution in [2.45, 2.75) is 0 Å². The summed E-state index contributed by atoms with van der Waals surface area (Å²) in [4.78, 5) is 13.2. The molecule has 0 unspecified atom stereocenters. The molecule has 0 bridgehead atoms. The normalized spacial score (nSPS) is 10.6. The van der Waals surface area contributed by atoms with Crippen LogP contribution in [0.1, 0.15) is 0 Å². The first-order valence-corrected chi connectivity index (χ1v) is 6.50. The van der Waals surface area contributed by atoms with Crippen LogP contribution in [0, 0.1) is 0 Å². The number of rotatable bonds is 2. The number of para-hydroxylation sites is 1. The number of nitrogens with zero attached hydrogens (tertiary/aromatic N) is 3. The monoisotopic (exact) mass is 315 g/mol. The summed E-state index contributed by atoms with van der Waals surface area (Å²) in [7, 11) is 1.61. The van der Waals surface area contributed by atoms with Crippen LogP contribution in [0.5, 0.6) is 5.75 Å². The van der Waals surface area contributed by atoms with Crippen LogP contribution in [-0.2, 0) is 0 Å². The molecule has 0 aliphatic heterocycles. The van der Waals surface area contributed by atoms with Crippen molar-refractivity contribution in [3.8, 4) is 17.3 Å². The van der Waals surface area contributed by atoms with E-state index >= 15 is 0 Å². The fourth-order valence-electron chi connectivity index (χ4n) is 1.79. The summed E-state index contributed by atoms with van der Waals surface area (Å²) in [6, 6.07) is 11.5. The molecule has 19 heavy (non-hydrogen) atoms. The maximum Gasteiger partial charge on any atom is 0.178 e. The Hall–Kier alpha value is -2.01. The van der Waals surface area contributed by atoms with Gasteiger partial charge in [-0.1, -0.05) is 18.2 Å². The molecule has 0 spiro atoms. The maximum atomic E-state index is 5.16.